The lowest BCUT2D eigenvalue weighted by molar-refractivity contribution is 0.226. The van der Waals surface area contributed by atoms with Gasteiger partial charge in [-0.05, 0) is 24.3 Å². The quantitative estimate of drug-likeness (QED) is 0.734. The van der Waals surface area contributed by atoms with Gasteiger partial charge in [0.25, 0.3) is 5.89 Å². The van der Waals surface area contributed by atoms with Crippen LogP contribution in [0.2, 0.25) is 0 Å². The smallest absolute Gasteiger partial charge is 0.283 e. The Morgan fingerprint density at radius 3 is 2.58 bits per heavy atom. The molecule has 0 atom stereocenters. The third-order valence-electron chi connectivity index (χ3n) is 4.12. The molecule has 0 amide bonds. The molecule has 0 bridgehead atoms. The predicted molar refractivity (Wildman–Crippen MR) is 85.9 cm³/mol. The predicted octanol–water partition coefficient (Wildman–Crippen LogP) is 2.79. The van der Waals surface area contributed by atoms with Gasteiger partial charge in [0.05, 0.1) is 18.5 Å². The highest BCUT2D eigenvalue weighted by Crippen LogP contribution is 2.22. The second-order valence-corrected chi connectivity index (χ2v) is 5.69. The lowest BCUT2D eigenvalue weighted by Crippen LogP contribution is -2.46. The Labute approximate surface area is 138 Å². The van der Waals surface area contributed by atoms with E-state index in [0.717, 1.165) is 26.2 Å². The Bertz CT molecular complexity index is 795. The maximum Gasteiger partial charge on any atom is 0.283 e. The van der Waals surface area contributed by atoms with Gasteiger partial charge in [-0.2, -0.15) is 0 Å². The number of hydrogen-bond donors (Lipinski definition) is 0. The third-order valence-corrected chi connectivity index (χ3v) is 4.12. The molecule has 3 heterocycles. The average molecular weight is 328 g/mol. The van der Waals surface area contributed by atoms with Crippen LogP contribution in [-0.4, -0.2) is 41.3 Å². The largest absolute Gasteiger partial charge is 0.459 e. The lowest BCUT2D eigenvalue weighted by atomic mass is 10.2. The summed E-state index contributed by atoms with van der Waals surface area (Å²) < 4.78 is 24.7. The fourth-order valence-corrected chi connectivity index (χ4v) is 2.86. The van der Waals surface area contributed by atoms with Crippen LogP contribution in [0, 0.1) is 5.82 Å². The number of aromatic nitrogens is 2. The van der Waals surface area contributed by atoms with Gasteiger partial charge in [0.1, 0.15) is 5.82 Å². The zero-order chi connectivity index (χ0) is 16.4. The summed E-state index contributed by atoms with van der Waals surface area (Å²) in [6.07, 6.45) is 1.57. The number of nitrogens with zero attached hydrogens (tertiary/aromatic N) is 4. The molecule has 0 spiro atoms. The van der Waals surface area contributed by atoms with E-state index in [2.05, 4.69) is 20.0 Å². The van der Waals surface area contributed by atoms with E-state index in [0.29, 0.717) is 29.8 Å². The summed E-state index contributed by atoms with van der Waals surface area (Å²) in [6.45, 7) is 3.73. The van der Waals surface area contributed by atoms with Crippen LogP contribution < -0.4 is 4.90 Å². The molecule has 1 fully saturated rings. The number of furan rings is 1. The molecule has 7 heteroatoms. The zero-order valence-electron chi connectivity index (χ0n) is 13.1. The lowest BCUT2D eigenvalue weighted by Gasteiger charge is -2.35. The molecule has 1 aromatic carbocycles. The van der Waals surface area contributed by atoms with Crippen molar-refractivity contribution in [2.24, 2.45) is 0 Å². The van der Waals surface area contributed by atoms with Crippen molar-refractivity contribution in [3.05, 3.63) is 54.4 Å². The Kier molecular flexibility index (Phi) is 4.00. The topological polar surface area (TPSA) is 58.5 Å². The Morgan fingerprint density at radius 1 is 1.00 bits per heavy atom. The molecule has 2 aromatic heterocycles. The monoisotopic (exact) mass is 328 g/mol. The molecular weight excluding hydrogens is 311 g/mol. The highest BCUT2D eigenvalue weighted by Gasteiger charge is 2.21. The summed E-state index contributed by atoms with van der Waals surface area (Å²) in [4.78, 5) is 4.28. The van der Waals surface area contributed by atoms with Crippen molar-refractivity contribution in [1.82, 2.24) is 15.1 Å². The number of hydrogen-bond acceptors (Lipinski definition) is 6. The van der Waals surface area contributed by atoms with Gasteiger partial charge in [0.15, 0.2) is 5.76 Å². The minimum atomic E-state index is -0.175. The van der Waals surface area contributed by atoms with Crippen LogP contribution in [-0.2, 0) is 6.54 Å². The molecule has 0 aliphatic carbocycles. The van der Waals surface area contributed by atoms with Gasteiger partial charge in [0.2, 0.25) is 5.89 Å². The molecule has 24 heavy (non-hydrogen) atoms. The highest BCUT2D eigenvalue weighted by atomic mass is 19.1. The van der Waals surface area contributed by atoms with E-state index >= 15 is 0 Å². The van der Waals surface area contributed by atoms with Crippen LogP contribution in [0.25, 0.3) is 11.7 Å². The summed E-state index contributed by atoms with van der Waals surface area (Å²) >= 11 is 0. The van der Waals surface area contributed by atoms with Crippen molar-refractivity contribution in [1.29, 1.82) is 0 Å². The van der Waals surface area contributed by atoms with Gasteiger partial charge < -0.3 is 13.7 Å². The van der Waals surface area contributed by atoms with Crippen molar-refractivity contribution in [3.8, 4) is 11.7 Å². The van der Waals surface area contributed by atoms with E-state index < -0.39 is 0 Å². The van der Waals surface area contributed by atoms with E-state index in [1.54, 1.807) is 24.5 Å². The second kappa shape index (κ2) is 6.45. The van der Waals surface area contributed by atoms with Crippen LogP contribution in [0.15, 0.2) is 51.5 Å². The van der Waals surface area contributed by atoms with Gasteiger partial charge in [-0.1, -0.05) is 12.1 Å². The average Bonchev–Trinajstić information content (AvgIpc) is 3.27. The molecule has 0 N–H and O–H groups in total. The Morgan fingerprint density at radius 2 is 1.83 bits per heavy atom. The van der Waals surface area contributed by atoms with Crippen molar-refractivity contribution < 1.29 is 13.2 Å². The number of rotatable bonds is 4. The minimum Gasteiger partial charge on any atom is -0.459 e. The number of piperazine rings is 1. The summed E-state index contributed by atoms with van der Waals surface area (Å²) in [7, 11) is 0. The van der Waals surface area contributed by atoms with E-state index in [-0.39, 0.29) is 5.82 Å². The SMILES string of the molecule is Fc1ccccc1N1CCN(Cc2nnc(-c3ccco3)o2)CC1. The first-order valence-electron chi connectivity index (χ1n) is 7.88. The Hall–Kier alpha value is -2.67. The van der Waals surface area contributed by atoms with E-state index in [4.69, 9.17) is 8.83 Å². The standard InChI is InChI=1S/C17H17FN4O2/c18-13-4-1-2-5-14(13)22-9-7-21(8-10-22)12-16-19-20-17(24-16)15-6-3-11-23-15/h1-6,11H,7-10,12H2. The first-order valence-corrected chi connectivity index (χ1v) is 7.88. The van der Waals surface area contributed by atoms with Gasteiger partial charge >= 0.3 is 0 Å². The molecule has 1 aliphatic rings. The number of para-hydroxylation sites is 1. The van der Waals surface area contributed by atoms with Crippen LogP contribution in [0.1, 0.15) is 5.89 Å². The fraction of sp³-hybridized carbons (Fsp3) is 0.294. The summed E-state index contributed by atoms with van der Waals surface area (Å²) in [5, 5.41) is 8.07. The third kappa shape index (κ3) is 3.03. The maximum atomic E-state index is 13.9. The van der Waals surface area contributed by atoms with E-state index in [1.807, 2.05) is 12.1 Å². The minimum absolute atomic E-state index is 0.175. The highest BCUT2D eigenvalue weighted by molar-refractivity contribution is 5.48. The molecule has 1 aliphatic heterocycles. The Balaban J connectivity index is 1.36. The van der Waals surface area contributed by atoms with Crippen LogP contribution in [0.5, 0.6) is 0 Å². The van der Waals surface area contributed by atoms with Crippen molar-refractivity contribution >= 4 is 5.69 Å². The first kappa shape index (κ1) is 14.9. The summed E-state index contributed by atoms with van der Waals surface area (Å²) in [5.74, 6) is 1.34. The number of benzene rings is 1. The van der Waals surface area contributed by atoms with E-state index in [1.165, 1.54) is 6.07 Å². The molecule has 0 unspecified atom stereocenters. The van der Waals surface area contributed by atoms with Crippen LogP contribution in [0.4, 0.5) is 10.1 Å². The van der Waals surface area contributed by atoms with Gasteiger partial charge in [0, 0.05) is 26.2 Å². The number of anilines is 1. The van der Waals surface area contributed by atoms with Gasteiger partial charge in [-0.25, -0.2) is 4.39 Å². The molecule has 4 rings (SSSR count). The second-order valence-electron chi connectivity index (χ2n) is 5.69. The molecular formula is C17H17FN4O2. The molecule has 6 nitrogen and oxygen atoms in total. The van der Waals surface area contributed by atoms with Gasteiger partial charge in [-0.3, -0.25) is 4.90 Å². The summed E-state index contributed by atoms with van der Waals surface area (Å²) in [6, 6.07) is 10.4. The summed E-state index contributed by atoms with van der Waals surface area (Å²) in [5.41, 5.74) is 0.662. The van der Waals surface area contributed by atoms with Crippen molar-refractivity contribution in [3.63, 3.8) is 0 Å². The molecule has 1 saturated heterocycles. The first-order chi connectivity index (χ1) is 11.8. The van der Waals surface area contributed by atoms with Crippen molar-refractivity contribution in [2.75, 3.05) is 31.1 Å². The maximum absolute atomic E-state index is 13.9. The normalized spacial score (nSPS) is 15.8. The van der Waals surface area contributed by atoms with Crippen molar-refractivity contribution in [2.45, 2.75) is 6.54 Å². The molecule has 0 radical (unpaired) electrons. The van der Waals surface area contributed by atoms with E-state index in [9.17, 15) is 4.39 Å². The van der Waals surface area contributed by atoms with Crippen LogP contribution in [0.3, 0.4) is 0 Å². The molecule has 0 saturated carbocycles. The molecule has 3 aromatic rings. The number of halogens is 1. The molecule has 124 valence electrons. The van der Waals surface area contributed by atoms with Gasteiger partial charge in [-0.15, -0.1) is 10.2 Å². The fourth-order valence-electron chi connectivity index (χ4n) is 2.86. The zero-order valence-corrected chi connectivity index (χ0v) is 13.1. The van der Waals surface area contributed by atoms with Crippen LogP contribution >= 0.6 is 0 Å².